The largest absolute Gasteiger partial charge is 0.347 e. The Balaban J connectivity index is 1.55. The van der Waals surface area contributed by atoms with E-state index >= 15 is 0 Å². The van der Waals surface area contributed by atoms with Crippen LogP contribution in [0.2, 0.25) is 0 Å². The van der Waals surface area contributed by atoms with Gasteiger partial charge in [0, 0.05) is 5.69 Å². The van der Waals surface area contributed by atoms with Gasteiger partial charge >= 0.3 is 0 Å². The lowest BCUT2D eigenvalue weighted by Gasteiger charge is -2.09. The molecule has 0 aliphatic carbocycles. The number of benzene rings is 3. The van der Waals surface area contributed by atoms with E-state index in [9.17, 15) is 18.0 Å². The molecule has 0 saturated carbocycles. The molecule has 0 heterocycles. The van der Waals surface area contributed by atoms with Crippen LogP contribution in [-0.2, 0) is 26.0 Å². The van der Waals surface area contributed by atoms with Gasteiger partial charge in [-0.25, -0.2) is 13.6 Å². The van der Waals surface area contributed by atoms with E-state index in [1.165, 1.54) is 24.3 Å². The average molecular weight is 397 g/mol. The van der Waals surface area contributed by atoms with E-state index in [0.29, 0.717) is 5.69 Å². The molecule has 0 atom stereocenters. The molecule has 0 radical (unpaired) electrons. The summed E-state index contributed by atoms with van der Waals surface area (Å²) in [5, 5.41) is 12.2. The second kappa shape index (κ2) is 8.20. The Labute approximate surface area is 162 Å². The van der Waals surface area contributed by atoms with E-state index in [-0.39, 0.29) is 23.8 Å². The zero-order chi connectivity index (χ0) is 20.1. The number of hydrogen-bond acceptors (Lipinski definition) is 4. The van der Waals surface area contributed by atoms with Crippen LogP contribution in [-0.4, -0.2) is 26.8 Å². The molecular weight excluding hydrogens is 378 g/mol. The number of nitrogens with one attached hydrogen (secondary N) is 2. The fourth-order valence-electron chi connectivity index (χ4n) is 2.79. The lowest BCUT2D eigenvalue weighted by molar-refractivity contribution is -0.123. The van der Waals surface area contributed by atoms with Crippen LogP contribution in [0, 0.1) is 0 Å². The van der Waals surface area contributed by atoms with Gasteiger partial charge in [0.1, 0.15) is 0 Å². The first kappa shape index (κ1) is 19.5. The first-order valence-electron chi connectivity index (χ1n) is 8.49. The quantitative estimate of drug-likeness (QED) is 0.587. The summed E-state index contributed by atoms with van der Waals surface area (Å²) < 4.78 is 22.4. The molecule has 4 N–H and O–H groups in total. The van der Waals surface area contributed by atoms with Crippen LogP contribution in [0.4, 0.5) is 5.69 Å². The van der Waals surface area contributed by atoms with Crippen LogP contribution < -0.4 is 15.8 Å². The summed E-state index contributed by atoms with van der Waals surface area (Å²) in [7, 11) is -3.78. The predicted octanol–water partition coefficient (Wildman–Crippen LogP) is 1.78. The normalized spacial score (nSPS) is 11.2. The van der Waals surface area contributed by atoms with Gasteiger partial charge in [0.05, 0.1) is 17.9 Å². The zero-order valence-electron chi connectivity index (χ0n) is 14.9. The monoisotopic (exact) mass is 397 g/mol. The first-order valence-corrected chi connectivity index (χ1v) is 10.0. The number of sulfonamides is 1. The summed E-state index contributed by atoms with van der Waals surface area (Å²) in [4.78, 5) is 24.1. The van der Waals surface area contributed by atoms with Crippen molar-refractivity contribution in [1.82, 2.24) is 5.32 Å². The first-order chi connectivity index (χ1) is 13.3. The number of amides is 2. The minimum atomic E-state index is -3.78. The summed E-state index contributed by atoms with van der Waals surface area (Å²) in [5.74, 6) is -0.689. The maximum absolute atomic E-state index is 12.2. The van der Waals surface area contributed by atoms with E-state index in [1.807, 2.05) is 42.5 Å². The molecule has 2 amide bonds. The molecule has 144 valence electrons. The average Bonchev–Trinajstić information content (AvgIpc) is 2.66. The molecule has 7 nitrogen and oxygen atoms in total. The van der Waals surface area contributed by atoms with Crippen molar-refractivity contribution in [3.63, 3.8) is 0 Å². The lowest BCUT2D eigenvalue weighted by Crippen LogP contribution is -2.33. The van der Waals surface area contributed by atoms with Crippen LogP contribution in [0.25, 0.3) is 10.8 Å². The van der Waals surface area contributed by atoms with Crippen molar-refractivity contribution < 1.29 is 18.0 Å². The summed E-state index contributed by atoms with van der Waals surface area (Å²) in [6.07, 6.45) is 0.164. The molecule has 0 fully saturated rings. The predicted molar refractivity (Wildman–Crippen MR) is 107 cm³/mol. The topological polar surface area (TPSA) is 118 Å². The van der Waals surface area contributed by atoms with Gasteiger partial charge < -0.3 is 10.6 Å². The van der Waals surface area contributed by atoms with E-state index in [1.54, 1.807) is 0 Å². The highest BCUT2D eigenvalue weighted by Crippen LogP contribution is 2.18. The van der Waals surface area contributed by atoms with Gasteiger partial charge in [-0.3, -0.25) is 9.59 Å². The van der Waals surface area contributed by atoms with Gasteiger partial charge in [-0.1, -0.05) is 42.5 Å². The third-order valence-electron chi connectivity index (χ3n) is 4.14. The maximum Gasteiger partial charge on any atom is 0.243 e. The number of primary sulfonamides is 1. The van der Waals surface area contributed by atoms with Gasteiger partial charge in [0.25, 0.3) is 0 Å². The van der Waals surface area contributed by atoms with E-state index < -0.39 is 15.9 Å². The highest BCUT2D eigenvalue weighted by Gasteiger charge is 2.10. The van der Waals surface area contributed by atoms with Gasteiger partial charge in [0.2, 0.25) is 21.8 Å². The minimum absolute atomic E-state index is 0.0473. The number of nitrogens with two attached hydrogens (primary N) is 1. The molecule has 0 spiro atoms. The van der Waals surface area contributed by atoms with Crippen molar-refractivity contribution in [3.8, 4) is 0 Å². The molecule has 3 aromatic rings. The number of anilines is 1. The van der Waals surface area contributed by atoms with Crippen LogP contribution in [0.1, 0.15) is 5.56 Å². The molecule has 0 unspecified atom stereocenters. The van der Waals surface area contributed by atoms with Crippen molar-refractivity contribution in [1.29, 1.82) is 0 Å². The Bertz CT molecular complexity index is 1120. The molecule has 28 heavy (non-hydrogen) atoms. The smallest absolute Gasteiger partial charge is 0.243 e. The molecule has 0 saturated heterocycles. The Morgan fingerprint density at radius 1 is 0.857 bits per heavy atom. The fraction of sp³-hybridized carbons (Fsp3) is 0.100. The summed E-state index contributed by atoms with van der Waals surface area (Å²) in [6.45, 7) is -0.194. The van der Waals surface area contributed by atoms with Crippen molar-refractivity contribution in [2.45, 2.75) is 11.3 Å². The minimum Gasteiger partial charge on any atom is -0.347 e. The highest BCUT2D eigenvalue weighted by molar-refractivity contribution is 7.89. The molecule has 0 bridgehead atoms. The second-order valence-electron chi connectivity index (χ2n) is 6.21. The van der Waals surface area contributed by atoms with Gasteiger partial charge in [0.15, 0.2) is 0 Å². The van der Waals surface area contributed by atoms with E-state index in [2.05, 4.69) is 10.6 Å². The molecule has 3 aromatic carbocycles. The number of hydrogen-bond donors (Lipinski definition) is 3. The van der Waals surface area contributed by atoms with E-state index in [4.69, 9.17) is 5.14 Å². The third kappa shape index (κ3) is 4.93. The van der Waals surface area contributed by atoms with Gasteiger partial charge in [-0.05, 0) is 40.6 Å². The molecule has 0 aliphatic heterocycles. The Morgan fingerprint density at radius 3 is 2.25 bits per heavy atom. The highest BCUT2D eigenvalue weighted by atomic mass is 32.2. The summed E-state index contributed by atoms with van der Waals surface area (Å²) in [6, 6.07) is 19.0. The number of carbonyl (C=O) groups is 2. The third-order valence-corrected chi connectivity index (χ3v) is 5.07. The van der Waals surface area contributed by atoms with Crippen LogP contribution in [0.3, 0.4) is 0 Å². The lowest BCUT2D eigenvalue weighted by atomic mass is 10.0. The second-order valence-corrected chi connectivity index (χ2v) is 7.77. The Hall–Kier alpha value is -3.23. The number of rotatable bonds is 6. The SMILES string of the molecule is NS(=O)(=O)c1ccc(NC(=O)CNC(=O)Cc2cccc3ccccc23)cc1. The Kier molecular flexibility index (Phi) is 5.72. The zero-order valence-corrected chi connectivity index (χ0v) is 15.7. The van der Waals surface area contributed by atoms with Crippen LogP contribution in [0.15, 0.2) is 71.6 Å². The summed E-state index contributed by atoms with van der Waals surface area (Å²) in [5.41, 5.74) is 1.29. The van der Waals surface area contributed by atoms with Crippen LogP contribution >= 0.6 is 0 Å². The van der Waals surface area contributed by atoms with Crippen molar-refractivity contribution in [3.05, 3.63) is 72.3 Å². The van der Waals surface area contributed by atoms with E-state index in [0.717, 1.165) is 16.3 Å². The maximum atomic E-state index is 12.2. The van der Waals surface area contributed by atoms with Gasteiger partial charge in [-0.2, -0.15) is 0 Å². The molecule has 8 heteroatoms. The molecular formula is C20H19N3O4S. The molecule has 0 aliphatic rings. The molecule has 0 aromatic heterocycles. The van der Waals surface area contributed by atoms with Crippen molar-refractivity contribution in [2.75, 3.05) is 11.9 Å². The standard InChI is InChI=1S/C20H19N3O4S/c21-28(26,27)17-10-8-16(9-11-17)23-20(25)13-22-19(24)12-15-6-3-5-14-4-1-2-7-18(14)15/h1-11H,12-13H2,(H,22,24)(H,23,25)(H2,21,26,27). The summed E-state index contributed by atoms with van der Waals surface area (Å²) >= 11 is 0. The number of fused-ring (bicyclic) bond motifs is 1. The fourth-order valence-corrected chi connectivity index (χ4v) is 3.31. The molecule has 3 rings (SSSR count). The number of carbonyl (C=O) groups excluding carboxylic acids is 2. The van der Waals surface area contributed by atoms with Gasteiger partial charge in [-0.15, -0.1) is 0 Å². The Morgan fingerprint density at radius 2 is 1.54 bits per heavy atom. The van der Waals surface area contributed by atoms with Crippen molar-refractivity contribution in [2.24, 2.45) is 5.14 Å². The van der Waals surface area contributed by atoms with Crippen LogP contribution in [0.5, 0.6) is 0 Å². The van der Waals surface area contributed by atoms with Crippen molar-refractivity contribution >= 4 is 38.3 Å².